The Hall–Kier alpha value is -1.46. The van der Waals surface area contributed by atoms with Crippen LogP contribution in [0.1, 0.15) is 12.0 Å². The molecule has 1 aromatic carbocycles. The van der Waals surface area contributed by atoms with E-state index in [4.69, 9.17) is 0 Å². The lowest BCUT2D eigenvalue weighted by molar-refractivity contribution is 0.341. The number of anilines is 1. The highest BCUT2D eigenvalue weighted by Gasteiger charge is 2.22. The Morgan fingerprint density at radius 1 is 1.32 bits per heavy atom. The minimum atomic E-state index is 0.540. The fourth-order valence-corrected chi connectivity index (χ4v) is 3.01. The van der Waals surface area contributed by atoms with Crippen LogP contribution in [0.3, 0.4) is 0 Å². The van der Waals surface area contributed by atoms with Gasteiger partial charge in [-0.2, -0.15) is 0 Å². The van der Waals surface area contributed by atoms with E-state index in [1.807, 2.05) is 0 Å². The second kappa shape index (κ2) is 6.12. The first kappa shape index (κ1) is 12.6. The molecule has 2 heterocycles. The van der Waals surface area contributed by atoms with Gasteiger partial charge in [0.2, 0.25) is 0 Å². The van der Waals surface area contributed by atoms with Gasteiger partial charge in [0.05, 0.1) is 6.20 Å². The molecule has 100 valence electrons. The van der Waals surface area contributed by atoms with Crippen LogP contribution in [0.4, 0.5) is 5.00 Å². The van der Waals surface area contributed by atoms with Crippen molar-refractivity contribution in [1.82, 2.24) is 14.5 Å². The van der Waals surface area contributed by atoms with Crippen molar-refractivity contribution in [2.45, 2.75) is 18.9 Å². The highest BCUT2D eigenvalue weighted by atomic mass is 32.1. The zero-order valence-corrected chi connectivity index (χ0v) is 11.6. The van der Waals surface area contributed by atoms with Gasteiger partial charge in [0, 0.05) is 37.2 Å². The molecule has 19 heavy (non-hydrogen) atoms. The number of hydrogen-bond donors (Lipinski definition) is 1. The number of aromatic nitrogens is 2. The van der Waals surface area contributed by atoms with E-state index in [-0.39, 0.29) is 0 Å². The molecule has 1 N–H and O–H groups in total. The molecule has 0 radical (unpaired) electrons. The van der Waals surface area contributed by atoms with E-state index < -0.39 is 0 Å². The summed E-state index contributed by atoms with van der Waals surface area (Å²) in [4.78, 5) is 2.53. The third-order valence-corrected chi connectivity index (χ3v) is 4.14. The van der Waals surface area contributed by atoms with Crippen LogP contribution in [-0.4, -0.2) is 40.2 Å². The maximum Gasteiger partial charge on any atom is 0.130 e. The van der Waals surface area contributed by atoms with Gasteiger partial charge in [-0.25, -0.2) is 0 Å². The molecule has 1 aromatic heterocycles. The molecule has 3 rings (SSSR count). The Labute approximate surface area is 117 Å². The normalized spacial score (nSPS) is 19.7. The van der Waals surface area contributed by atoms with Crippen molar-refractivity contribution in [3.8, 4) is 0 Å². The van der Waals surface area contributed by atoms with Gasteiger partial charge in [-0.15, -0.1) is 5.10 Å². The summed E-state index contributed by atoms with van der Waals surface area (Å²) in [6, 6.07) is 11.2. The molecule has 0 bridgehead atoms. The summed E-state index contributed by atoms with van der Waals surface area (Å²) in [7, 11) is 0. The first-order valence-corrected chi connectivity index (χ1v) is 7.48. The molecule has 1 unspecified atom stereocenters. The van der Waals surface area contributed by atoms with Crippen LogP contribution in [0.15, 0.2) is 36.5 Å². The molecule has 1 atom stereocenters. The van der Waals surface area contributed by atoms with E-state index in [1.54, 1.807) is 6.20 Å². The van der Waals surface area contributed by atoms with E-state index in [2.05, 4.69) is 50.1 Å². The first-order valence-electron chi connectivity index (χ1n) is 6.70. The molecular formula is C14H18N4S. The van der Waals surface area contributed by atoms with Crippen molar-refractivity contribution in [2.24, 2.45) is 0 Å². The molecule has 1 saturated heterocycles. The first-order chi connectivity index (χ1) is 9.40. The van der Waals surface area contributed by atoms with Crippen LogP contribution in [0.2, 0.25) is 0 Å². The van der Waals surface area contributed by atoms with Crippen molar-refractivity contribution in [2.75, 3.05) is 25.0 Å². The number of nitrogens with zero attached hydrogens (tertiary/aromatic N) is 3. The summed E-state index contributed by atoms with van der Waals surface area (Å²) in [5.74, 6) is 0. The predicted molar refractivity (Wildman–Crippen MR) is 78.5 cm³/mol. The van der Waals surface area contributed by atoms with Gasteiger partial charge in [-0.1, -0.05) is 34.8 Å². The SMILES string of the molecule is c1ccc(CCN2CCC(Nc3cnns3)C2)cc1. The fourth-order valence-electron chi connectivity index (χ4n) is 2.52. The van der Waals surface area contributed by atoms with Gasteiger partial charge in [0.1, 0.15) is 5.00 Å². The van der Waals surface area contributed by atoms with Crippen molar-refractivity contribution in [3.05, 3.63) is 42.1 Å². The van der Waals surface area contributed by atoms with Gasteiger partial charge in [0.25, 0.3) is 0 Å². The van der Waals surface area contributed by atoms with Crippen LogP contribution >= 0.6 is 11.5 Å². The van der Waals surface area contributed by atoms with Crippen LogP contribution in [-0.2, 0) is 6.42 Å². The van der Waals surface area contributed by atoms with E-state index in [1.165, 1.54) is 30.1 Å². The summed E-state index contributed by atoms with van der Waals surface area (Å²) in [5.41, 5.74) is 1.42. The lowest BCUT2D eigenvalue weighted by atomic mass is 10.1. The Kier molecular flexibility index (Phi) is 4.05. The van der Waals surface area contributed by atoms with Gasteiger partial charge in [-0.3, -0.25) is 0 Å². The van der Waals surface area contributed by atoms with Gasteiger partial charge in [-0.05, 0) is 18.4 Å². The maximum atomic E-state index is 3.87. The molecule has 1 aliphatic heterocycles. The van der Waals surface area contributed by atoms with Gasteiger partial charge < -0.3 is 10.2 Å². The number of hydrogen-bond acceptors (Lipinski definition) is 5. The van der Waals surface area contributed by atoms with Crippen molar-refractivity contribution in [3.63, 3.8) is 0 Å². The molecule has 1 aliphatic rings. The average Bonchev–Trinajstić information content (AvgIpc) is 3.10. The zero-order chi connectivity index (χ0) is 12.9. The highest BCUT2D eigenvalue weighted by Crippen LogP contribution is 2.17. The lowest BCUT2D eigenvalue weighted by Crippen LogP contribution is -2.27. The van der Waals surface area contributed by atoms with E-state index >= 15 is 0 Å². The van der Waals surface area contributed by atoms with E-state index in [9.17, 15) is 0 Å². The predicted octanol–water partition coefficient (Wildman–Crippen LogP) is 2.27. The molecule has 4 nitrogen and oxygen atoms in total. The fraction of sp³-hybridized carbons (Fsp3) is 0.429. The number of benzene rings is 1. The summed E-state index contributed by atoms with van der Waals surface area (Å²) < 4.78 is 3.87. The van der Waals surface area contributed by atoms with Crippen LogP contribution < -0.4 is 5.32 Å². The number of rotatable bonds is 5. The van der Waals surface area contributed by atoms with Crippen LogP contribution in [0, 0.1) is 0 Å². The van der Waals surface area contributed by atoms with Crippen LogP contribution in [0.5, 0.6) is 0 Å². The van der Waals surface area contributed by atoms with E-state index in [0.717, 1.165) is 24.5 Å². The maximum absolute atomic E-state index is 3.87. The zero-order valence-electron chi connectivity index (χ0n) is 10.8. The molecule has 0 amide bonds. The van der Waals surface area contributed by atoms with E-state index in [0.29, 0.717) is 6.04 Å². The standard InChI is InChI=1S/C14H18N4S/c1-2-4-12(5-3-1)6-8-18-9-7-13(11-18)16-14-10-15-17-19-14/h1-5,10,13,16H,6-9,11H2. The largest absolute Gasteiger partial charge is 0.370 e. The molecule has 5 heteroatoms. The molecule has 0 aliphatic carbocycles. The third kappa shape index (κ3) is 3.52. The molecule has 0 spiro atoms. The summed E-state index contributed by atoms with van der Waals surface area (Å²) >= 11 is 1.43. The van der Waals surface area contributed by atoms with Crippen molar-refractivity contribution in [1.29, 1.82) is 0 Å². The Bertz CT molecular complexity index is 485. The second-order valence-corrected chi connectivity index (χ2v) is 5.73. The smallest absolute Gasteiger partial charge is 0.130 e. The molecule has 1 fully saturated rings. The highest BCUT2D eigenvalue weighted by molar-refractivity contribution is 7.09. The topological polar surface area (TPSA) is 41.0 Å². The van der Waals surface area contributed by atoms with Gasteiger partial charge >= 0.3 is 0 Å². The van der Waals surface area contributed by atoms with Crippen molar-refractivity contribution < 1.29 is 0 Å². The third-order valence-electron chi connectivity index (χ3n) is 3.54. The minimum Gasteiger partial charge on any atom is -0.370 e. The Morgan fingerprint density at radius 3 is 3.00 bits per heavy atom. The molecule has 2 aromatic rings. The quantitative estimate of drug-likeness (QED) is 0.908. The number of nitrogens with one attached hydrogen (secondary N) is 1. The van der Waals surface area contributed by atoms with Crippen LogP contribution in [0.25, 0.3) is 0 Å². The second-order valence-electron chi connectivity index (χ2n) is 4.95. The van der Waals surface area contributed by atoms with Gasteiger partial charge in [0.15, 0.2) is 0 Å². The summed E-state index contributed by atoms with van der Waals surface area (Å²) in [5, 5.41) is 8.43. The Balaban J connectivity index is 1.44. The minimum absolute atomic E-state index is 0.540. The lowest BCUT2D eigenvalue weighted by Gasteiger charge is -2.16. The average molecular weight is 274 g/mol. The summed E-state index contributed by atoms with van der Waals surface area (Å²) in [6.45, 7) is 3.44. The monoisotopic (exact) mass is 274 g/mol. The molecular weight excluding hydrogens is 256 g/mol. The summed E-state index contributed by atoms with van der Waals surface area (Å²) in [6.07, 6.45) is 4.14. The molecule has 0 saturated carbocycles. The number of likely N-dealkylation sites (tertiary alicyclic amines) is 1. The Morgan fingerprint density at radius 2 is 2.21 bits per heavy atom. The van der Waals surface area contributed by atoms with Crippen molar-refractivity contribution >= 4 is 16.5 Å².